The number of hydrogen-bond donors (Lipinski definition) is 2. The Bertz CT molecular complexity index is 910. The minimum absolute atomic E-state index is 0.0352. The molecule has 0 aliphatic heterocycles. The summed E-state index contributed by atoms with van der Waals surface area (Å²) in [7, 11) is 0. The second kappa shape index (κ2) is 8.23. The van der Waals surface area contributed by atoms with E-state index in [0.717, 1.165) is 22.3 Å². The smallest absolute Gasteiger partial charge is 0.220 e. The van der Waals surface area contributed by atoms with Gasteiger partial charge in [0.15, 0.2) is 0 Å². The van der Waals surface area contributed by atoms with E-state index in [4.69, 9.17) is 0 Å². The molecule has 5 heteroatoms. The van der Waals surface area contributed by atoms with Crippen LogP contribution in [0.5, 0.6) is 5.75 Å². The van der Waals surface area contributed by atoms with Crippen LogP contribution < -0.4 is 5.32 Å². The number of fused-ring (bicyclic) bond motifs is 1. The first-order chi connectivity index (χ1) is 12.6. The number of aromatic hydroxyl groups is 1. The van der Waals surface area contributed by atoms with Gasteiger partial charge in [-0.15, -0.1) is 11.8 Å². The Balaban J connectivity index is 2.07. The maximum atomic E-state index is 12.3. The SMILES string of the molecule is CCCC(=O)NC(c1ccc(SC)cc1)c1ccc2cccnc2c1O. The van der Waals surface area contributed by atoms with Crippen LogP contribution in [0.4, 0.5) is 0 Å². The highest BCUT2D eigenvalue weighted by molar-refractivity contribution is 7.98. The van der Waals surface area contributed by atoms with E-state index in [1.54, 1.807) is 18.0 Å². The van der Waals surface area contributed by atoms with Crippen LogP contribution in [-0.2, 0) is 4.79 Å². The Kier molecular flexibility index (Phi) is 5.78. The standard InChI is InChI=1S/C21H22N2O2S/c1-3-5-18(24)23-19(15-7-10-16(26-2)11-8-15)17-12-9-14-6-4-13-22-20(14)21(17)25/h4,6-13,19,25H,3,5H2,1-2H3,(H,23,24). The number of pyridine rings is 1. The molecule has 0 saturated heterocycles. The number of nitrogens with one attached hydrogen (secondary N) is 1. The molecule has 0 fully saturated rings. The molecule has 26 heavy (non-hydrogen) atoms. The van der Waals surface area contributed by atoms with E-state index in [2.05, 4.69) is 10.3 Å². The Morgan fingerprint density at radius 1 is 1.19 bits per heavy atom. The lowest BCUT2D eigenvalue weighted by atomic mass is 9.96. The number of nitrogens with zero attached hydrogens (tertiary/aromatic N) is 1. The Morgan fingerprint density at radius 2 is 1.96 bits per heavy atom. The van der Waals surface area contributed by atoms with Crippen LogP contribution in [0.1, 0.15) is 36.9 Å². The molecule has 2 N–H and O–H groups in total. The minimum Gasteiger partial charge on any atom is -0.505 e. The third-order valence-electron chi connectivity index (χ3n) is 4.32. The van der Waals surface area contributed by atoms with Gasteiger partial charge in [0.25, 0.3) is 0 Å². The van der Waals surface area contributed by atoms with Crippen LogP contribution >= 0.6 is 11.8 Å². The lowest BCUT2D eigenvalue weighted by molar-refractivity contribution is -0.121. The Morgan fingerprint density at radius 3 is 2.65 bits per heavy atom. The zero-order chi connectivity index (χ0) is 18.5. The number of carbonyl (C=O) groups is 1. The molecule has 0 aliphatic carbocycles. The summed E-state index contributed by atoms with van der Waals surface area (Å²) in [5.41, 5.74) is 2.12. The van der Waals surface area contributed by atoms with E-state index in [9.17, 15) is 9.90 Å². The summed E-state index contributed by atoms with van der Waals surface area (Å²) in [4.78, 5) is 17.7. The fourth-order valence-corrected chi connectivity index (χ4v) is 3.38. The number of phenolic OH excluding ortho intramolecular Hbond substituents is 1. The van der Waals surface area contributed by atoms with E-state index in [0.29, 0.717) is 17.5 Å². The average molecular weight is 366 g/mol. The highest BCUT2D eigenvalue weighted by Crippen LogP contribution is 2.35. The summed E-state index contributed by atoms with van der Waals surface area (Å²) >= 11 is 1.67. The first-order valence-corrected chi connectivity index (χ1v) is 9.86. The molecule has 3 rings (SSSR count). The van der Waals surface area contributed by atoms with Gasteiger partial charge in [-0.25, -0.2) is 0 Å². The van der Waals surface area contributed by atoms with Crippen LogP contribution in [0.2, 0.25) is 0 Å². The van der Waals surface area contributed by atoms with Crippen molar-refractivity contribution in [3.05, 3.63) is 65.9 Å². The molecule has 2 aromatic carbocycles. The van der Waals surface area contributed by atoms with Crippen LogP contribution in [0.25, 0.3) is 10.9 Å². The monoisotopic (exact) mass is 366 g/mol. The summed E-state index contributed by atoms with van der Waals surface area (Å²) in [6, 6.07) is 15.1. The molecule has 1 unspecified atom stereocenters. The van der Waals surface area contributed by atoms with Crippen molar-refractivity contribution in [2.75, 3.05) is 6.26 Å². The number of benzene rings is 2. The maximum absolute atomic E-state index is 12.3. The van der Waals surface area contributed by atoms with Gasteiger partial charge in [-0.3, -0.25) is 9.78 Å². The third-order valence-corrected chi connectivity index (χ3v) is 5.07. The fourth-order valence-electron chi connectivity index (χ4n) is 2.98. The molecule has 0 saturated carbocycles. The maximum Gasteiger partial charge on any atom is 0.220 e. The zero-order valence-corrected chi connectivity index (χ0v) is 15.7. The predicted molar refractivity (Wildman–Crippen MR) is 107 cm³/mol. The number of amides is 1. The van der Waals surface area contributed by atoms with Gasteiger partial charge in [0.1, 0.15) is 11.3 Å². The highest BCUT2D eigenvalue weighted by atomic mass is 32.2. The summed E-state index contributed by atoms with van der Waals surface area (Å²) < 4.78 is 0. The molecule has 0 aliphatic rings. The minimum atomic E-state index is -0.420. The van der Waals surface area contributed by atoms with Gasteiger partial charge in [-0.1, -0.05) is 37.3 Å². The summed E-state index contributed by atoms with van der Waals surface area (Å²) in [5.74, 6) is 0.0748. The number of hydrogen-bond acceptors (Lipinski definition) is 4. The molecule has 3 aromatic rings. The van der Waals surface area contributed by atoms with E-state index in [-0.39, 0.29) is 11.7 Å². The topological polar surface area (TPSA) is 62.2 Å². The lowest BCUT2D eigenvalue weighted by Crippen LogP contribution is -2.29. The highest BCUT2D eigenvalue weighted by Gasteiger charge is 2.21. The second-order valence-electron chi connectivity index (χ2n) is 6.10. The van der Waals surface area contributed by atoms with Crippen LogP contribution in [0, 0.1) is 0 Å². The van der Waals surface area contributed by atoms with Crippen molar-refractivity contribution in [3.8, 4) is 5.75 Å². The van der Waals surface area contributed by atoms with Gasteiger partial charge in [-0.05, 0) is 36.4 Å². The van der Waals surface area contributed by atoms with Gasteiger partial charge in [0.2, 0.25) is 5.91 Å². The molecule has 1 amide bonds. The summed E-state index contributed by atoms with van der Waals surface area (Å²) in [6.07, 6.45) is 4.90. The molecule has 0 spiro atoms. The van der Waals surface area contributed by atoms with Gasteiger partial charge >= 0.3 is 0 Å². The molecule has 1 aromatic heterocycles. The van der Waals surface area contributed by atoms with Crippen LogP contribution in [-0.4, -0.2) is 22.3 Å². The number of thioether (sulfide) groups is 1. The first-order valence-electron chi connectivity index (χ1n) is 8.64. The first kappa shape index (κ1) is 18.3. The van der Waals surface area contributed by atoms with Gasteiger partial charge in [0, 0.05) is 28.5 Å². The number of aromatic nitrogens is 1. The van der Waals surface area contributed by atoms with Gasteiger partial charge in [0.05, 0.1) is 6.04 Å². The quantitative estimate of drug-likeness (QED) is 0.623. The average Bonchev–Trinajstić information content (AvgIpc) is 2.67. The van der Waals surface area contributed by atoms with E-state index >= 15 is 0 Å². The van der Waals surface area contributed by atoms with Crippen molar-refractivity contribution >= 4 is 28.6 Å². The molecule has 1 heterocycles. The lowest BCUT2D eigenvalue weighted by Gasteiger charge is -2.21. The van der Waals surface area contributed by atoms with Crippen molar-refractivity contribution in [3.63, 3.8) is 0 Å². The van der Waals surface area contributed by atoms with Gasteiger partial charge in [-0.2, -0.15) is 0 Å². The molecule has 134 valence electrons. The predicted octanol–water partition coefficient (Wildman–Crippen LogP) is 4.67. The Hall–Kier alpha value is -2.53. The van der Waals surface area contributed by atoms with Crippen LogP contribution in [0.15, 0.2) is 59.6 Å². The Labute approximate surface area is 157 Å². The molecular weight excluding hydrogens is 344 g/mol. The second-order valence-corrected chi connectivity index (χ2v) is 6.98. The van der Waals surface area contributed by atoms with E-state index in [1.165, 1.54) is 0 Å². The van der Waals surface area contributed by atoms with E-state index < -0.39 is 6.04 Å². The van der Waals surface area contributed by atoms with Crippen molar-refractivity contribution in [2.24, 2.45) is 0 Å². The van der Waals surface area contributed by atoms with Crippen molar-refractivity contribution < 1.29 is 9.90 Å². The van der Waals surface area contributed by atoms with Crippen molar-refractivity contribution in [2.45, 2.75) is 30.7 Å². The zero-order valence-electron chi connectivity index (χ0n) is 14.9. The van der Waals surface area contributed by atoms with Crippen molar-refractivity contribution in [1.29, 1.82) is 0 Å². The molecule has 0 bridgehead atoms. The molecule has 1 atom stereocenters. The third kappa shape index (κ3) is 3.83. The summed E-state index contributed by atoms with van der Waals surface area (Å²) in [6.45, 7) is 1.97. The number of phenols is 1. The molecular formula is C21H22N2O2S. The number of carbonyl (C=O) groups excluding carboxylic acids is 1. The largest absolute Gasteiger partial charge is 0.505 e. The van der Waals surface area contributed by atoms with Gasteiger partial charge < -0.3 is 10.4 Å². The number of rotatable bonds is 6. The van der Waals surface area contributed by atoms with Crippen LogP contribution in [0.3, 0.4) is 0 Å². The molecule has 0 radical (unpaired) electrons. The fraction of sp³-hybridized carbons (Fsp3) is 0.238. The summed E-state index contributed by atoms with van der Waals surface area (Å²) in [5, 5.41) is 14.7. The van der Waals surface area contributed by atoms with Crippen molar-refractivity contribution in [1.82, 2.24) is 10.3 Å². The molecule has 4 nitrogen and oxygen atoms in total. The normalized spacial score (nSPS) is 12.1. The van der Waals surface area contributed by atoms with E-state index in [1.807, 2.05) is 61.7 Å².